The van der Waals surface area contributed by atoms with Crippen LogP contribution in [0.1, 0.15) is 19.3 Å². The summed E-state index contributed by atoms with van der Waals surface area (Å²) in [5.74, 6) is -1.10. The third-order valence-corrected chi connectivity index (χ3v) is 2.19. The summed E-state index contributed by atoms with van der Waals surface area (Å²) in [5, 5.41) is 0. The molecule has 0 fully saturated rings. The number of unbranched alkanes of at least 4 members (excludes halogenated alkanes) is 1. The number of rotatable bonds is 6. The zero-order valence-electron chi connectivity index (χ0n) is 8.49. The average molecular weight is 220 g/mol. The van der Waals surface area contributed by atoms with Crippen molar-refractivity contribution in [3.63, 3.8) is 0 Å². The molecule has 0 amide bonds. The predicted octanol–water partition coefficient (Wildman–Crippen LogP) is 1.05. The third-order valence-electron chi connectivity index (χ3n) is 1.87. The summed E-state index contributed by atoms with van der Waals surface area (Å²) < 4.78 is 9.01. The SMILES string of the molecule is COC(=O)C(CCCCS)C(=O)OC. The minimum atomic E-state index is -0.787. The fraction of sp³-hybridized carbons (Fsp3) is 0.778. The molecular formula is C9H16O4S. The highest BCUT2D eigenvalue weighted by Gasteiger charge is 2.27. The Morgan fingerprint density at radius 1 is 1.14 bits per heavy atom. The van der Waals surface area contributed by atoms with Crippen molar-refractivity contribution in [2.24, 2.45) is 5.92 Å². The fourth-order valence-corrected chi connectivity index (χ4v) is 1.30. The van der Waals surface area contributed by atoms with Gasteiger partial charge >= 0.3 is 11.9 Å². The van der Waals surface area contributed by atoms with Crippen molar-refractivity contribution in [1.82, 2.24) is 0 Å². The van der Waals surface area contributed by atoms with E-state index in [1.54, 1.807) is 0 Å². The molecule has 0 atom stereocenters. The lowest BCUT2D eigenvalue weighted by atomic mass is 10.0. The predicted molar refractivity (Wildman–Crippen MR) is 55.2 cm³/mol. The molecule has 0 bridgehead atoms. The van der Waals surface area contributed by atoms with Gasteiger partial charge in [0.1, 0.15) is 0 Å². The number of esters is 2. The number of carbonyl (C=O) groups excluding carboxylic acids is 2. The molecule has 82 valence electrons. The van der Waals surface area contributed by atoms with E-state index >= 15 is 0 Å². The van der Waals surface area contributed by atoms with Crippen molar-refractivity contribution in [3.05, 3.63) is 0 Å². The van der Waals surface area contributed by atoms with Gasteiger partial charge in [0.2, 0.25) is 0 Å². The smallest absolute Gasteiger partial charge is 0.320 e. The van der Waals surface area contributed by atoms with Crippen molar-refractivity contribution in [2.75, 3.05) is 20.0 Å². The summed E-state index contributed by atoms with van der Waals surface area (Å²) in [7, 11) is 2.52. The molecule has 0 rings (SSSR count). The topological polar surface area (TPSA) is 52.6 Å². The number of ether oxygens (including phenoxy) is 2. The number of hydrogen-bond donors (Lipinski definition) is 1. The summed E-state index contributed by atoms with van der Waals surface area (Å²) in [6.45, 7) is 0. The van der Waals surface area contributed by atoms with Crippen molar-refractivity contribution >= 4 is 24.6 Å². The first-order valence-corrected chi connectivity index (χ1v) is 5.07. The van der Waals surface area contributed by atoms with E-state index in [-0.39, 0.29) is 0 Å². The third kappa shape index (κ3) is 4.50. The highest BCUT2D eigenvalue weighted by molar-refractivity contribution is 7.80. The number of carbonyl (C=O) groups is 2. The lowest BCUT2D eigenvalue weighted by molar-refractivity contribution is -0.159. The summed E-state index contributed by atoms with van der Waals surface area (Å²) in [5.41, 5.74) is 0. The molecule has 0 aromatic heterocycles. The van der Waals surface area contributed by atoms with Crippen LogP contribution in [0.2, 0.25) is 0 Å². The fourth-order valence-electron chi connectivity index (χ4n) is 1.08. The van der Waals surface area contributed by atoms with Gasteiger partial charge in [-0.3, -0.25) is 9.59 Å². The zero-order chi connectivity index (χ0) is 11.0. The maximum absolute atomic E-state index is 11.2. The van der Waals surface area contributed by atoms with Gasteiger partial charge in [-0.15, -0.1) is 0 Å². The molecule has 0 N–H and O–H groups in total. The Morgan fingerprint density at radius 3 is 2.00 bits per heavy atom. The quantitative estimate of drug-likeness (QED) is 0.314. The van der Waals surface area contributed by atoms with Crippen LogP contribution in [0.3, 0.4) is 0 Å². The molecule has 0 aromatic rings. The molecule has 0 saturated heterocycles. The van der Waals surface area contributed by atoms with Crippen LogP contribution in [-0.2, 0) is 19.1 Å². The Hall–Kier alpha value is -0.710. The summed E-state index contributed by atoms with van der Waals surface area (Å²) in [6.07, 6.45) is 2.09. The van der Waals surface area contributed by atoms with Crippen LogP contribution in [-0.4, -0.2) is 31.9 Å². The van der Waals surface area contributed by atoms with Gasteiger partial charge < -0.3 is 9.47 Å². The van der Waals surface area contributed by atoms with Gasteiger partial charge in [0.25, 0.3) is 0 Å². The first-order valence-electron chi connectivity index (χ1n) is 4.43. The largest absolute Gasteiger partial charge is 0.468 e. The van der Waals surface area contributed by atoms with Gasteiger partial charge in [-0.2, -0.15) is 12.6 Å². The normalized spacial score (nSPS) is 10.0. The van der Waals surface area contributed by atoms with E-state index in [1.165, 1.54) is 14.2 Å². The number of thiol groups is 1. The van der Waals surface area contributed by atoms with Crippen LogP contribution in [0.5, 0.6) is 0 Å². The maximum atomic E-state index is 11.2. The molecule has 0 aliphatic heterocycles. The van der Waals surface area contributed by atoms with Crippen molar-refractivity contribution in [3.8, 4) is 0 Å². The van der Waals surface area contributed by atoms with Crippen LogP contribution < -0.4 is 0 Å². The van der Waals surface area contributed by atoms with Crippen molar-refractivity contribution < 1.29 is 19.1 Å². The monoisotopic (exact) mass is 220 g/mol. The van der Waals surface area contributed by atoms with Gasteiger partial charge in [-0.05, 0) is 18.6 Å². The lowest BCUT2D eigenvalue weighted by Crippen LogP contribution is -2.26. The second-order valence-corrected chi connectivity index (χ2v) is 3.27. The standard InChI is InChI=1S/C9H16O4S/c1-12-8(10)7(9(11)13-2)5-3-4-6-14/h7,14H,3-6H2,1-2H3. The van der Waals surface area contributed by atoms with E-state index in [1.807, 2.05) is 0 Å². The van der Waals surface area contributed by atoms with Crippen molar-refractivity contribution in [2.45, 2.75) is 19.3 Å². The Kier molecular flexibility index (Phi) is 7.28. The van der Waals surface area contributed by atoms with Gasteiger partial charge in [0.05, 0.1) is 14.2 Å². The van der Waals surface area contributed by atoms with Crippen LogP contribution in [0.25, 0.3) is 0 Å². The molecule has 0 aliphatic rings. The minimum Gasteiger partial charge on any atom is -0.468 e. The van der Waals surface area contributed by atoms with E-state index in [2.05, 4.69) is 22.1 Å². The Bertz CT molecular complexity index is 177. The number of methoxy groups -OCH3 is 2. The van der Waals surface area contributed by atoms with Crippen LogP contribution in [0.4, 0.5) is 0 Å². The zero-order valence-corrected chi connectivity index (χ0v) is 9.38. The molecule has 0 heterocycles. The second-order valence-electron chi connectivity index (χ2n) is 2.82. The van der Waals surface area contributed by atoms with Gasteiger partial charge in [-0.1, -0.05) is 6.42 Å². The maximum Gasteiger partial charge on any atom is 0.320 e. The highest BCUT2D eigenvalue weighted by atomic mass is 32.1. The molecule has 0 radical (unpaired) electrons. The molecular weight excluding hydrogens is 204 g/mol. The second kappa shape index (κ2) is 7.67. The van der Waals surface area contributed by atoms with Gasteiger partial charge in [-0.25, -0.2) is 0 Å². The van der Waals surface area contributed by atoms with E-state index in [9.17, 15) is 9.59 Å². The molecule has 0 saturated carbocycles. The van der Waals surface area contributed by atoms with E-state index in [4.69, 9.17) is 0 Å². The van der Waals surface area contributed by atoms with Crippen LogP contribution in [0, 0.1) is 5.92 Å². The van der Waals surface area contributed by atoms with Crippen LogP contribution in [0.15, 0.2) is 0 Å². The van der Waals surface area contributed by atoms with Crippen molar-refractivity contribution in [1.29, 1.82) is 0 Å². The summed E-state index contributed by atoms with van der Waals surface area (Å²) in [4.78, 5) is 22.3. The van der Waals surface area contributed by atoms with E-state index < -0.39 is 17.9 Å². The minimum absolute atomic E-state index is 0.458. The van der Waals surface area contributed by atoms with E-state index in [0.29, 0.717) is 6.42 Å². The molecule has 0 aliphatic carbocycles. The van der Waals surface area contributed by atoms with Gasteiger partial charge in [0, 0.05) is 0 Å². The number of hydrogen-bond acceptors (Lipinski definition) is 5. The first kappa shape index (κ1) is 13.3. The first-order chi connectivity index (χ1) is 6.67. The van der Waals surface area contributed by atoms with Gasteiger partial charge in [0.15, 0.2) is 5.92 Å². The molecule has 5 heteroatoms. The lowest BCUT2D eigenvalue weighted by Gasteiger charge is -2.11. The molecule has 0 unspecified atom stereocenters. The average Bonchev–Trinajstić information content (AvgIpc) is 2.22. The Labute approximate surface area is 89.4 Å². The highest BCUT2D eigenvalue weighted by Crippen LogP contribution is 2.12. The summed E-state index contributed by atoms with van der Waals surface area (Å²) >= 11 is 4.04. The molecule has 0 aromatic carbocycles. The molecule has 0 spiro atoms. The molecule has 4 nitrogen and oxygen atoms in total. The van der Waals surface area contributed by atoms with E-state index in [0.717, 1.165) is 18.6 Å². The molecule has 14 heavy (non-hydrogen) atoms. The Balaban J connectivity index is 4.11. The van der Waals surface area contributed by atoms with Crippen LogP contribution >= 0.6 is 12.6 Å². The summed E-state index contributed by atoms with van der Waals surface area (Å²) in [6, 6.07) is 0. The Morgan fingerprint density at radius 2 is 1.64 bits per heavy atom.